The highest BCUT2D eigenvalue weighted by Crippen LogP contribution is 2.42. The fourth-order valence-electron chi connectivity index (χ4n) is 6.67. The van der Waals surface area contributed by atoms with Gasteiger partial charge in [-0.05, 0) is 74.4 Å². The summed E-state index contributed by atoms with van der Waals surface area (Å²) in [5, 5.41) is 4.66. The van der Waals surface area contributed by atoms with Crippen LogP contribution >= 0.6 is 11.3 Å². The largest absolute Gasteiger partial charge is 0.492 e. The van der Waals surface area contributed by atoms with Crippen LogP contribution in [0.1, 0.15) is 54.2 Å². The minimum absolute atomic E-state index is 0.0654. The van der Waals surface area contributed by atoms with E-state index in [-0.39, 0.29) is 5.92 Å². The summed E-state index contributed by atoms with van der Waals surface area (Å²) in [6.07, 6.45) is 9.94. The average molecular weight is 531 g/mol. The molecule has 2 unspecified atom stereocenters. The quantitative estimate of drug-likeness (QED) is 0.521. The predicted molar refractivity (Wildman–Crippen MR) is 151 cm³/mol. The van der Waals surface area contributed by atoms with Crippen LogP contribution in [0, 0.1) is 5.92 Å². The average Bonchev–Trinajstić information content (AvgIpc) is 3.56. The summed E-state index contributed by atoms with van der Waals surface area (Å²) in [6, 6.07) is 4.74. The van der Waals surface area contributed by atoms with Crippen molar-refractivity contribution in [3.8, 4) is 5.75 Å². The molecule has 3 aromatic rings. The van der Waals surface area contributed by atoms with Gasteiger partial charge in [-0.15, -0.1) is 11.3 Å². The maximum Gasteiger partial charge on any atom is 0.226 e. The summed E-state index contributed by atoms with van der Waals surface area (Å²) < 4.78 is 5.97. The molecule has 1 amide bonds. The normalized spacial score (nSPS) is 22.7. The molecule has 7 rings (SSSR count). The number of hydrogen-bond acceptors (Lipinski definition) is 8. The van der Waals surface area contributed by atoms with Gasteiger partial charge in [-0.3, -0.25) is 14.7 Å². The van der Waals surface area contributed by atoms with Crippen molar-refractivity contribution in [1.29, 1.82) is 0 Å². The van der Waals surface area contributed by atoms with E-state index in [1.807, 2.05) is 13.1 Å². The first-order valence-electron chi connectivity index (χ1n) is 14.0. The SMILES string of the molecule is CCOc1cc2c(cc1Nc1ncnc3sc4c(c13)CCC(C(=O)N1CCN3CCCCC3C1)C4)C=NC2. The lowest BCUT2D eigenvalue weighted by atomic mass is 9.86. The number of carbonyl (C=O) groups is 1. The number of anilines is 2. The maximum absolute atomic E-state index is 13.6. The second-order valence-electron chi connectivity index (χ2n) is 10.9. The highest BCUT2D eigenvalue weighted by molar-refractivity contribution is 7.19. The standard InChI is InChI=1S/C29H34N6O2S/c1-2-37-24-12-20-15-30-14-19(20)11-23(24)33-27-26-22-7-6-18(13-25(22)38-28(26)32-17-31-27)29(36)35-10-9-34-8-4-3-5-21(34)16-35/h11-12,14,17-18,21H,2-10,13,15-16H2,1H3,(H,31,32,33). The van der Waals surface area contributed by atoms with Gasteiger partial charge < -0.3 is 15.0 Å². The number of aryl methyl sites for hydroxylation is 1. The zero-order chi connectivity index (χ0) is 25.6. The van der Waals surface area contributed by atoms with Crippen molar-refractivity contribution in [2.24, 2.45) is 10.9 Å². The lowest BCUT2D eigenvalue weighted by molar-refractivity contribution is -0.139. The monoisotopic (exact) mass is 530 g/mol. The molecule has 0 saturated carbocycles. The Kier molecular flexibility index (Phi) is 6.28. The van der Waals surface area contributed by atoms with Gasteiger partial charge in [0.25, 0.3) is 0 Å². The first-order chi connectivity index (χ1) is 18.7. The van der Waals surface area contributed by atoms with E-state index < -0.39 is 0 Å². The van der Waals surface area contributed by atoms with Gasteiger partial charge in [0.2, 0.25) is 5.91 Å². The molecule has 0 bridgehead atoms. The summed E-state index contributed by atoms with van der Waals surface area (Å²) in [4.78, 5) is 34.3. The molecule has 2 aromatic heterocycles. The minimum atomic E-state index is 0.0654. The number of amides is 1. The number of fused-ring (bicyclic) bond motifs is 5. The van der Waals surface area contributed by atoms with Gasteiger partial charge in [-0.1, -0.05) is 6.42 Å². The topological polar surface area (TPSA) is 82.9 Å². The first kappa shape index (κ1) is 24.0. The van der Waals surface area contributed by atoms with Crippen LogP contribution in [-0.4, -0.2) is 70.7 Å². The number of nitrogens with zero attached hydrogens (tertiary/aromatic N) is 5. The van der Waals surface area contributed by atoms with E-state index in [4.69, 9.17) is 4.74 Å². The molecule has 2 saturated heterocycles. The van der Waals surface area contributed by atoms with Crippen molar-refractivity contribution >= 4 is 45.2 Å². The van der Waals surface area contributed by atoms with Crippen molar-refractivity contribution in [2.75, 3.05) is 38.1 Å². The number of nitrogens with one attached hydrogen (secondary N) is 1. The van der Waals surface area contributed by atoms with Crippen LogP contribution in [0.2, 0.25) is 0 Å². The Labute approximate surface area is 227 Å². The van der Waals surface area contributed by atoms with Gasteiger partial charge in [-0.2, -0.15) is 0 Å². The van der Waals surface area contributed by atoms with Crippen molar-refractivity contribution in [2.45, 2.75) is 58.0 Å². The fraction of sp³-hybridized carbons (Fsp3) is 0.517. The fourth-order valence-corrected chi connectivity index (χ4v) is 7.94. The van der Waals surface area contributed by atoms with Crippen molar-refractivity contribution in [1.82, 2.24) is 19.8 Å². The highest BCUT2D eigenvalue weighted by atomic mass is 32.1. The zero-order valence-electron chi connectivity index (χ0n) is 21.9. The third-order valence-electron chi connectivity index (χ3n) is 8.63. The van der Waals surface area contributed by atoms with Gasteiger partial charge in [0.15, 0.2) is 0 Å². The van der Waals surface area contributed by atoms with Gasteiger partial charge in [0.05, 0.1) is 24.2 Å². The van der Waals surface area contributed by atoms with Crippen molar-refractivity contribution < 1.29 is 9.53 Å². The third-order valence-corrected chi connectivity index (χ3v) is 9.79. The van der Waals surface area contributed by atoms with E-state index in [0.29, 0.717) is 25.1 Å². The van der Waals surface area contributed by atoms with Gasteiger partial charge >= 0.3 is 0 Å². The number of hydrogen-bond donors (Lipinski definition) is 1. The van der Waals surface area contributed by atoms with Gasteiger partial charge in [0.1, 0.15) is 22.7 Å². The summed E-state index contributed by atoms with van der Waals surface area (Å²) in [5.74, 6) is 2.04. The summed E-state index contributed by atoms with van der Waals surface area (Å²) in [6.45, 7) is 7.29. The summed E-state index contributed by atoms with van der Waals surface area (Å²) in [5.41, 5.74) is 4.49. The van der Waals surface area contributed by atoms with E-state index in [1.54, 1.807) is 17.7 Å². The Balaban J connectivity index is 1.14. The number of piperidine rings is 1. The van der Waals surface area contributed by atoms with Crippen LogP contribution in [0.25, 0.3) is 10.2 Å². The summed E-state index contributed by atoms with van der Waals surface area (Å²) in [7, 11) is 0. The molecule has 3 aliphatic heterocycles. The van der Waals surface area contributed by atoms with Crippen LogP contribution in [0.4, 0.5) is 11.5 Å². The maximum atomic E-state index is 13.6. The van der Waals surface area contributed by atoms with Gasteiger partial charge in [0, 0.05) is 42.7 Å². The number of aromatic nitrogens is 2. The Morgan fingerprint density at radius 1 is 1.18 bits per heavy atom. The summed E-state index contributed by atoms with van der Waals surface area (Å²) >= 11 is 1.72. The molecule has 8 nitrogen and oxygen atoms in total. The van der Waals surface area contributed by atoms with Crippen molar-refractivity contribution in [3.05, 3.63) is 40.0 Å². The molecule has 1 N–H and O–H groups in total. The predicted octanol–water partition coefficient (Wildman–Crippen LogP) is 4.57. The molecular formula is C29H34N6O2S. The molecule has 5 heterocycles. The smallest absolute Gasteiger partial charge is 0.226 e. The van der Waals surface area contributed by atoms with E-state index in [9.17, 15) is 4.79 Å². The Hall–Kier alpha value is -3.04. The zero-order valence-corrected chi connectivity index (χ0v) is 22.7. The van der Waals surface area contributed by atoms with Gasteiger partial charge in [-0.25, -0.2) is 9.97 Å². The van der Waals surface area contributed by atoms with E-state index >= 15 is 0 Å². The molecule has 1 aliphatic carbocycles. The number of carbonyl (C=O) groups excluding carboxylic acids is 1. The number of aliphatic imine (C=N–C) groups is 1. The van der Waals surface area contributed by atoms with E-state index in [1.165, 1.54) is 41.8 Å². The molecule has 0 spiro atoms. The van der Waals surface area contributed by atoms with Crippen LogP contribution in [0.15, 0.2) is 23.5 Å². The number of piperazine rings is 1. The third kappa shape index (κ3) is 4.25. The van der Waals surface area contributed by atoms with E-state index in [2.05, 4.69) is 42.2 Å². The lowest BCUT2D eigenvalue weighted by Crippen LogP contribution is -2.57. The number of rotatable bonds is 5. The molecule has 4 aliphatic rings. The lowest BCUT2D eigenvalue weighted by Gasteiger charge is -2.45. The van der Waals surface area contributed by atoms with Crippen molar-refractivity contribution in [3.63, 3.8) is 0 Å². The molecule has 0 radical (unpaired) electrons. The first-order valence-corrected chi connectivity index (χ1v) is 14.8. The Morgan fingerprint density at radius 3 is 3.05 bits per heavy atom. The van der Waals surface area contributed by atoms with Crippen LogP contribution < -0.4 is 10.1 Å². The van der Waals surface area contributed by atoms with Crippen LogP contribution in [0.3, 0.4) is 0 Å². The second-order valence-corrected chi connectivity index (χ2v) is 12.0. The van der Waals surface area contributed by atoms with E-state index in [0.717, 1.165) is 71.9 Å². The molecular weight excluding hydrogens is 496 g/mol. The highest BCUT2D eigenvalue weighted by Gasteiger charge is 2.36. The molecule has 38 heavy (non-hydrogen) atoms. The molecule has 1 aromatic carbocycles. The Bertz CT molecular complexity index is 1420. The number of thiophene rings is 1. The molecule has 9 heteroatoms. The van der Waals surface area contributed by atoms with Crippen LogP contribution in [-0.2, 0) is 24.2 Å². The molecule has 198 valence electrons. The van der Waals surface area contributed by atoms with Crippen LogP contribution in [0.5, 0.6) is 5.75 Å². The molecule has 2 fully saturated rings. The second kappa shape index (κ2) is 9.93. The molecule has 2 atom stereocenters. The number of ether oxygens (including phenoxy) is 1. The number of benzene rings is 1. The Morgan fingerprint density at radius 2 is 2.13 bits per heavy atom. The minimum Gasteiger partial charge on any atom is -0.492 e.